The highest BCUT2D eigenvalue weighted by Crippen LogP contribution is 2.43. The molecule has 3 nitrogen and oxygen atoms in total. The molecule has 1 aliphatic carbocycles. The Labute approximate surface area is 181 Å². The van der Waals surface area contributed by atoms with Crippen LogP contribution in [0.1, 0.15) is 35.6 Å². The molecule has 0 spiro atoms. The minimum atomic E-state index is -0.923. The van der Waals surface area contributed by atoms with Gasteiger partial charge in [0.05, 0.1) is 13.0 Å². The SMILES string of the molecule is CC1=C(CC(=O)O)c2cc(F)ccc2/C1=C\c1ccc(CCOc2ccccc2)cc1. The molecular weight excluding hydrogens is 391 g/mol. The third kappa shape index (κ3) is 4.75. The number of halogens is 1. The number of carboxylic acid groups (broad SMARTS) is 1. The molecule has 0 aliphatic heterocycles. The molecule has 0 amide bonds. The fourth-order valence-electron chi connectivity index (χ4n) is 3.88. The molecule has 0 aromatic heterocycles. The topological polar surface area (TPSA) is 46.5 Å². The number of benzene rings is 3. The second kappa shape index (κ2) is 9.00. The number of carbonyl (C=O) groups is 1. The van der Waals surface area contributed by atoms with Crippen LogP contribution < -0.4 is 4.74 Å². The van der Waals surface area contributed by atoms with E-state index in [1.54, 1.807) is 6.07 Å². The quantitative estimate of drug-likeness (QED) is 0.497. The van der Waals surface area contributed by atoms with Crippen LogP contribution >= 0.6 is 0 Å². The molecule has 3 aromatic rings. The van der Waals surface area contributed by atoms with Gasteiger partial charge in [-0.2, -0.15) is 0 Å². The first-order chi connectivity index (χ1) is 15.0. The van der Waals surface area contributed by atoms with Crippen LogP contribution in [0.5, 0.6) is 5.75 Å². The molecule has 4 rings (SSSR count). The van der Waals surface area contributed by atoms with Crippen molar-refractivity contribution in [3.05, 3.63) is 106 Å². The van der Waals surface area contributed by atoms with Crippen molar-refractivity contribution in [1.29, 1.82) is 0 Å². The van der Waals surface area contributed by atoms with Gasteiger partial charge >= 0.3 is 5.97 Å². The summed E-state index contributed by atoms with van der Waals surface area (Å²) in [5, 5.41) is 9.28. The highest BCUT2D eigenvalue weighted by molar-refractivity contribution is 6.07. The largest absolute Gasteiger partial charge is 0.493 e. The first kappa shape index (κ1) is 20.6. The van der Waals surface area contributed by atoms with Gasteiger partial charge in [-0.1, -0.05) is 48.5 Å². The monoisotopic (exact) mass is 414 g/mol. The van der Waals surface area contributed by atoms with Gasteiger partial charge < -0.3 is 9.84 Å². The number of aliphatic carboxylic acids is 1. The van der Waals surface area contributed by atoms with Crippen LogP contribution in [0.3, 0.4) is 0 Å². The number of rotatable bonds is 7. The van der Waals surface area contributed by atoms with Gasteiger partial charge in [-0.05, 0) is 76.2 Å². The van der Waals surface area contributed by atoms with E-state index in [2.05, 4.69) is 12.1 Å². The Kier molecular flexibility index (Phi) is 5.99. The van der Waals surface area contributed by atoms with Crippen molar-refractivity contribution < 1.29 is 19.0 Å². The lowest BCUT2D eigenvalue weighted by Gasteiger charge is -2.07. The summed E-state index contributed by atoms with van der Waals surface area (Å²) >= 11 is 0. The first-order valence-electron chi connectivity index (χ1n) is 10.2. The molecule has 156 valence electrons. The summed E-state index contributed by atoms with van der Waals surface area (Å²) in [4.78, 5) is 11.3. The number of hydrogen-bond donors (Lipinski definition) is 1. The lowest BCUT2D eigenvalue weighted by atomic mass is 10.00. The summed E-state index contributed by atoms with van der Waals surface area (Å²) in [6.45, 7) is 2.50. The van der Waals surface area contributed by atoms with E-state index in [9.17, 15) is 14.3 Å². The molecule has 3 aromatic carbocycles. The standard InChI is InChI=1S/C27H23FO3/c1-18-24(23-12-11-21(28)16-26(23)25(18)17-27(29)30)15-20-9-7-19(8-10-20)13-14-31-22-5-3-2-4-6-22/h2-12,15-16H,13-14,17H2,1H3,(H,29,30)/b24-15-. The maximum atomic E-state index is 13.8. The van der Waals surface area contributed by atoms with E-state index in [1.165, 1.54) is 17.7 Å². The molecule has 0 saturated heterocycles. The average molecular weight is 414 g/mol. The van der Waals surface area contributed by atoms with E-state index in [-0.39, 0.29) is 12.2 Å². The Morgan fingerprint density at radius 1 is 1.00 bits per heavy atom. The second-order valence-electron chi connectivity index (χ2n) is 7.58. The Bertz CT molecular complexity index is 1160. The van der Waals surface area contributed by atoms with Crippen molar-refractivity contribution in [1.82, 2.24) is 0 Å². The summed E-state index contributed by atoms with van der Waals surface area (Å²) in [6, 6.07) is 22.5. The fourth-order valence-corrected chi connectivity index (χ4v) is 3.88. The summed E-state index contributed by atoms with van der Waals surface area (Å²) in [7, 11) is 0. The third-order valence-electron chi connectivity index (χ3n) is 5.47. The van der Waals surface area contributed by atoms with Gasteiger partial charge in [0.15, 0.2) is 0 Å². The highest BCUT2D eigenvalue weighted by atomic mass is 19.1. The molecule has 0 unspecified atom stereocenters. The number of para-hydroxylation sites is 1. The van der Waals surface area contributed by atoms with Crippen LogP contribution in [0.4, 0.5) is 4.39 Å². The normalized spacial score (nSPS) is 14.1. The van der Waals surface area contributed by atoms with Crippen molar-refractivity contribution in [3.8, 4) is 5.75 Å². The van der Waals surface area contributed by atoms with E-state index >= 15 is 0 Å². The Morgan fingerprint density at radius 3 is 2.45 bits per heavy atom. The molecule has 0 bridgehead atoms. The van der Waals surface area contributed by atoms with Crippen molar-refractivity contribution >= 4 is 23.2 Å². The first-order valence-corrected chi connectivity index (χ1v) is 10.2. The predicted molar refractivity (Wildman–Crippen MR) is 121 cm³/mol. The molecule has 1 aliphatic rings. The lowest BCUT2D eigenvalue weighted by Crippen LogP contribution is -2.01. The van der Waals surface area contributed by atoms with Crippen LogP contribution in [0.15, 0.2) is 78.4 Å². The Hall–Kier alpha value is -3.66. The van der Waals surface area contributed by atoms with Gasteiger partial charge in [-0.15, -0.1) is 0 Å². The maximum Gasteiger partial charge on any atom is 0.307 e. The van der Waals surface area contributed by atoms with E-state index in [0.29, 0.717) is 17.7 Å². The van der Waals surface area contributed by atoms with Crippen LogP contribution in [0.2, 0.25) is 0 Å². The van der Waals surface area contributed by atoms with Crippen molar-refractivity contribution in [2.75, 3.05) is 6.61 Å². The number of ether oxygens (including phenoxy) is 1. The minimum absolute atomic E-state index is 0.125. The Morgan fingerprint density at radius 2 is 1.74 bits per heavy atom. The highest BCUT2D eigenvalue weighted by Gasteiger charge is 2.25. The van der Waals surface area contributed by atoms with Gasteiger partial charge in [0.1, 0.15) is 11.6 Å². The van der Waals surface area contributed by atoms with Gasteiger partial charge in [0, 0.05) is 6.42 Å². The average Bonchev–Trinajstić information content (AvgIpc) is 3.00. The summed E-state index contributed by atoms with van der Waals surface area (Å²) in [5.74, 6) is -0.426. The molecule has 0 fully saturated rings. The summed E-state index contributed by atoms with van der Waals surface area (Å²) < 4.78 is 19.6. The zero-order valence-electron chi connectivity index (χ0n) is 17.3. The molecule has 4 heteroatoms. The molecular formula is C27H23FO3. The number of carboxylic acids is 1. The van der Waals surface area contributed by atoms with Gasteiger partial charge in [-0.25, -0.2) is 4.39 Å². The molecule has 31 heavy (non-hydrogen) atoms. The molecule has 1 N–H and O–H groups in total. The number of allylic oxidation sites excluding steroid dienone is 2. The smallest absolute Gasteiger partial charge is 0.307 e. The fraction of sp³-hybridized carbons (Fsp3) is 0.148. The van der Waals surface area contributed by atoms with Crippen LogP contribution in [-0.4, -0.2) is 17.7 Å². The van der Waals surface area contributed by atoms with E-state index in [4.69, 9.17) is 4.74 Å². The summed E-state index contributed by atoms with van der Waals surface area (Å²) in [5.41, 5.74) is 6.20. The molecule has 0 atom stereocenters. The van der Waals surface area contributed by atoms with Gasteiger partial charge in [0.25, 0.3) is 0 Å². The number of fused-ring (bicyclic) bond motifs is 1. The van der Waals surface area contributed by atoms with Crippen LogP contribution in [0, 0.1) is 5.82 Å². The zero-order valence-corrected chi connectivity index (χ0v) is 17.3. The van der Waals surface area contributed by atoms with Gasteiger partial charge in [0.2, 0.25) is 0 Å². The Balaban J connectivity index is 1.52. The third-order valence-corrected chi connectivity index (χ3v) is 5.47. The van der Waals surface area contributed by atoms with Crippen molar-refractivity contribution in [2.45, 2.75) is 19.8 Å². The van der Waals surface area contributed by atoms with Crippen LogP contribution in [0.25, 0.3) is 17.2 Å². The maximum absolute atomic E-state index is 13.8. The molecule has 0 saturated carbocycles. The predicted octanol–water partition coefficient (Wildman–Crippen LogP) is 6.25. The zero-order chi connectivity index (χ0) is 21.8. The minimum Gasteiger partial charge on any atom is -0.493 e. The lowest BCUT2D eigenvalue weighted by molar-refractivity contribution is -0.135. The number of hydrogen-bond acceptors (Lipinski definition) is 2. The second-order valence-corrected chi connectivity index (χ2v) is 7.58. The van der Waals surface area contributed by atoms with Gasteiger partial charge in [-0.3, -0.25) is 4.79 Å². The van der Waals surface area contributed by atoms with Crippen molar-refractivity contribution in [3.63, 3.8) is 0 Å². The van der Waals surface area contributed by atoms with E-state index in [1.807, 2.05) is 55.5 Å². The van der Waals surface area contributed by atoms with Crippen molar-refractivity contribution in [2.24, 2.45) is 0 Å². The summed E-state index contributed by atoms with van der Waals surface area (Å²) in [6.07, 6.45) is 2.71. The van der Waals surface area contributed by atoms with Crippen LogP contribution in [-0.2, 0) is 11.2 Å². The molecule has 0 heterocycles. The van der Waals surface area contributed by atoms with E-state index < -0.39 is 5.97 Å². The van der Waals surface area contributed by atoms with E-state index in [0.717, 1.165) is 34.4 Å². The molecule has 0 radical (unpaired) electrons.